The molecule has 0 aliphatic heterocycles. The molecule has 0 aliphatic carbocycles. The van der Waals surface area contributed by atoms with Crippen LogP contribution in [-0.2, 0) is 9.47 Å². The van der Waals surface area contributed by atoms with Gasteiger partial charge in [-0.25, -0.2) is 0 Å². The van der Waals surface area contributed by atoms with Crippen LogP contribution >= 0.6 is 11.3 Å². The van der Waals surface area contributed by atoms with E-state index >= 15 is 4.39 Å². The van der Waals surface area contributed by atoms with Crippen LogP contribution < -0.4 is 0 Å². The second-order valence-electron chi connectivity index (χ2n) is 20.0. The summed E-state index contributed by atoms with van der Waals surface area (Å²) in [6.07, 6.45) is 0. The zero-order chi connectivity index (χ0) is 40.6. The van der Waals surface area contributed by atoms with Crippen LogP contribution in [0.25, 0.3) is 42.4 Å². The van der Waals surface area contributed by atoms with E-state index in [1.54, 1.807) is 20.3 Å². The SMILES string of the molecule is COC(C#Cc1c2cc3cc(F)sc3cc2c(C#CC(OC)(C(C)(C)C)C(C)(C)C)c2cc3c(C(C)C)ccc(C(C)C)c3cc12)(C(C)(C)C)C(C)(C)C. The van der Waals surface area contributed by atoms with Gasteiger partial charge in [-0.15, -0.1) is 11.3 Å². The van der Waals surface area contributed by atoms with Crippen molar-refractivity contribution in [1.29, 1.82) is 0 Å². The van der Waals surface area contributed by atoms with E-state index in [-0.39, 0.29) is 26.8 Å². The molecule has 5 rings (SSSR count). The van der Waals surface area contributed by atoms with Crippen LogP contribution in [0.15, 0.2) is 42.5 Å². The molecule has 0 saturated heterocycles. The predicted octanol–water partition coefficient (Wildman–Crippen LogP) is 14.4. The molecule has 0 saturated carbocycles. The Morgan fingerprint density at radius 2 is 0.870 bits per heavy atom. The first kappa shape index (κ1) is 41.7. The summed E-state index contributed by atoms with van der Waals surface area (Å²) < 4.78 is 28.9. The van der Waals surface area contributed by atoms with Crippen molar-refractivity contribution in [2.45, 2.75) is 134 Å². The van der Waals surface area contributed by atoms with Crippen molar-refractivity contribution >= 4 is 53.7 Å². The summed E-state index contributed by atoms with van der Waals surface area (Å²) in [4.78, 5) is 0. The van der Waals surface area contributed by atoms with Gasteiger partial charge in [0.05, 0.1) is 0 Å². The summed E-state index contributed by atoms with van der Waals surface area (Å²) >= 11 is 1.17. The van der Waals surface area contributed by atoms with Gasteiger partial charge in [-0.05, 0) is 85.6 Å². The maximum Gasteiger partial charge on any atom is 0.177 e. The van der Waals surface area contributed by atoms with Gasteiger partial charge in [-0.2, -0.15) is 4.39 Å². The molecule has 1 aromatic heterocycles. The van der Waals surface area contributed by atoms with Crippen LogP contribution in [0.4, 0.5) is 4.39 Å². The smallest absolute Gasteiger partial charge is 0.177 e. The van der Waals surface area contributed by atoms with Gasteiger partial charge in [0.1, 0.15) is 11.2 Å². The number of methoxy groups -OCH3 is 2. The highest BCUT2D eigenvalue weighted by atomic mass is 32.1. The molecule has 54 heavy (non-hydrogen) atoms. The Hall–Kier alpha value is -3.41. The van der Waals surface area contributed by atoms with Gasteiger partial charge in [0.2, 0.25) is 0 Å². The maximum atomic E-state index is 15.0. The minimum Gasteiger partial charge on any atom is -0.364 e. The highest BCUT2D eigenvalue weighted by Crippen LogP contribution is 2.49. The molecular formula is C50H63FO2S. The summed E-state index contributed by atoms with van der Waals surface area (Å²) in [6.45, 7) is 35.4. The van der Waals surface area contributed by atoms with E-state index in [4.69, 9.17) is 9.47 Å². The van der Waals surface area contributed by atoms with E-state index in [9.17, 15) is 0 Å². The standard InChI is InChI=1S/C50H63FO2S/c1-30(2)33-19-20-34(31(3)4)39-28-41-36(22-24-50(53-18,47(11,12)13)48(14,15)16)42-29-43-32(26-44(51)54-43)25-37(42)35(40(41)27-38(33)39)21-23-49(52-17,45(5,6)7)46(8,9)10/h19-20,25-31H,1-18H3. The van der Waals surface area contributed by atoms with Gasteiger partial charge in [0.15, 0.2) is 5.13 Å². The van der Waals surface area contributed by atoms with Gasteiger partial charge in [0, 0.05) is 57.1 Å². The highest BCUT2D eigenvalue weighted by molar-refractivity contribution is 7.17. The topological polar surface area (TPSA) is 18.5 Å². The molecule has 0 atom stereocenters. The molecule has 288 valence electrons. The Labute approximate surface area is 329 Å². The van der Waals surface area contributed by atoms with Crippen molar-refractivity contribution in [2.75, 3.05) is 14.2 Å². The Bertz CT molecular complexity index is 2180. The monoisotopic (exact) mass is 746 g/mol. The maximum absolute atomic E-state index is 15.0. The number of ether oxygens (including phenoxy) is 2. The third-order valence-corrected chi connectivity index (χ3v) is 12.6. The lowest BCUT2D eigenvalue weighted by Crippen LogP contribution is -2.53. The van der Waals surface area contributed by atoms with Crippen molar-refractivity contribution in [3.8, 4) is 23.7 Å². The molecule has 0 bridgehead atoms. The lowest BCUT2D eigenvalue weighted by Gasteiger charge is -2.48. The zero-order valence-electron chi connectivity index (χ0n) is 36.3. The van der Waals surface area contributed by atoms with E-state index < -0.39 is 11.2 Å². The number of hydrogen-bond donors (Lipinski definition) is 0. The van der Waals surface area contributed by atoms with E-state index in [2.05, 4.69) is 171 Å². The lowest BCUT2D eigenvalue weighted by molar-refractivity contribution is -0.116. The molecule has 1 heterocycles. The Morgan fingerprint density at radius 3 is 1.20 bits per heavy atom. The molecule has 0 aliphatic rings. The fourth-order valence-electron chi connectivity index (χ4n) is 9.51. The van der Waals surface area contributed by atoms with Crippen molar-refractivity contribution in [2.24, 2.45) is 21.7 Å². The molecule has 2 nitrogen and oxygen atoms in total. The first-order chi connectivity index (χ1) is 24.7. The summed E-state index contributed by atoms with van der Waals surface area (Å²) in [5.74, 6) is 15.7. The molecule has 4 aromatic carbocycles. The molecule has 4 heteroatoms. The third-order valence-electron chi connectivity index (χ3n) is 11.7. The predicted molar refractivity (Wildman–Crippen MR) is 234 cm³/mol. The summed E-state index contributed by atoms with van der Waals surface area (Å²) in [5.41, 5.74) is 1.64. The van der Waals surface area contributed by atoms with Gasteiger partial charge < -0.3 is 9.47 Å². The normalized spacial score (nSPS) is 13.6. The van der Waals surface area contributed by atoms with Gasteiger partial charge in [-0.1, -0.05) is 147 Å². The first-order valence-electron chi connectivity index (χ1n) is 19.5. The minimum absolute atomic E-state index is 0.211. The molecule has 0 amide bonds. The van der Waals surface area contributed by atoms with Crippen molar-refractivity contribution < 1.29 is 13.9 Å². The minimum atomic E-state index is -0.780. The molecule has 5 aromatic rings. The number of benzene rings is 4. The molecule has 0 unspecified atom stereocenters. The molecule has 0 N–H and O–H groups in total. The molecular weight excluding hydrogens is 684 g/mol. The van der Waals surface area contributed by atoms with Gasteiger partial charge in [0.25, 0.3) is 0 Å². The van der Waals surface area contributed by atoms with Crippen LogP contribution in [-0.4, -0.2) is 25.4 Å². The first-order valence-corrected chi connectivity index (χ1v) is 20.3. The van der Waals surface area contributed by atoms with Crippen molar-refractivity contribution in [3.05, 3.63) is 69.8 Å². The number of hydrogen-bond acceptors (Lipinski definition) is 3. The number of halogens is 1. The Balaban J connectivity index is 2.15. The van der Waals surface area contributed by atoms with E-state index in [0.717, 1.165) is 42.8 Å². The number of fused-ring (bicyclic) bond motifs is 4. The van der Waals surface area contributed by atoms with Crippen LogP contribution in [0.2, 0.25) is 0 Å². The van der Waals surface area contributed by atoms with Crippen molar-refractivity contribution in [1.82, 2.24) is 0 Å². The van der Waals surface area contributed by atoms with E-state index in [0.29, 0.717) is 11.8 Å². The molecule has 0 spiro atoms. The lowest BCUT2D eigenvalue weighted by atomic mass is 9.62. The van der Waals surface area contributed by atoms with Crippen molar-refractivity contribution in [3.63, 3.8) is 0 Å². The third kappa shape index (κ3) is 6.76. The Kier molecular flexibility index (Phi) is 10.8. The Morgan fingerprint density at radius 1 is 0.519 bits per heavy atom. The fourth-order valence-corrected chi connectivity index (χ4v) is 10.3. The fraction of sp³-hybridized carbons (Fsp3) is 0.520. The van der Waals surface area contributed by atoms with Crippen LogP contribution in [0.3, 0.4) is 0 Å². The average Bonchev–Trinajstić information content (AvgIpc) is 3.39. The quantitative estimate of drug-likeness (QED) is 0.135. The molecule has 0 radical (unpaired) electrons. The second-order valence-corrected chi connectivity index (χ2v) is 21.0. The number of rotatable bonds is 4. The average molecular weight is 747 g/mol. The summed E-state index contributed by atoms with van der Waals surface area (Å²) in [5, 5.41) is 7.09. The van der Waals surface area contributed by atoms with Gasteiger partial charge >= 0.3 is 0 Å². The second kappa shape index (κ2) is 14.0. The zero-order valence-corrected chi connectivity index (χ0v) is 37.1. The van der Waals surface area contributed by atoms with E-state index in [1.165, 1.54) is 33.2 Å². The number of thiophene rings is 1. The summed E-state index contributed by atoms with van der Waals surface area (Å²) in [7, 11) is 3.56. The van der Waals surface area contributed by atoms with Crippen LogP contribution in [0.1, 0.15) is 145 Å². The summed E-state index contributed by atoms with van der Waals surface area (Å²) in [6, 6.07) is 15.2. The van der Waals surface area contributed by atoms with Crippen LogP contribution in [0, 0.1) is 50.5 Å². The highest BCUT2D eigenvalue weighted by Gasteiger charge is 2.51. The van der Waals surface area contributed by atoms with Crippen LogP contribution in [0.5, 0.6) is 0 Å². The van der Waals surface area contributed by atoms with E-state index in [1.807, 2.05) is 0 Å². The van der Waals surface area contributed by atoms with Gasteiger partial charge in [-0.3, -0.25) is 0 Å². The largest absolute Gasteiger partial charge is 0.364 e. The molecule has 0 fully saturated rings.